The van der Waals surface area contributed by atoms with Crippen LogP contribution in [-0.4, -0.2) is 56.2 Å². The average molecular weight is 314 g/mol. The van der Waals surface area contributed by atoms with Gasteiger partial charge in [-0.2, -0.15) is 0 Å². The van der Waals surface area contributed by atoms with Gasteiger partial charge in [0.1, 0.15) is 0 Å². The van der Waals surface area contributed by atoms with Crippen molar-refractivity contribution < 1.29 is 13.2 Å². The molecule has 0 amide bonds. The lowest BCUT2D eigenvalue weighted by Crippen LogP contribution is -2.33. The SMILES string of the molecule is CCS(=O)(=O)CCN1Cc2cccn2CC(CCOC)C1. The summed E-state index contributed by atoms with van der Waals surface area (Å²) in [6.45, 7) is 5.83. The van der Waals surface area contributed by atoms with Gasteiger partial charge in [-0.1, -0.05) is 6.92 Å². The van der Waals surface area contributed by atoms with Crippen LogP contribution in [-0.2, 0) is 27.7 Å². The third-order valence-corrected chi connectivity index (χ3v) is 5.85. The Labute approximate surface area is 127 Å². The second-order valence-corrected chi connectivity index (χ2v) is 8.24. The number of methoxy groups -OCH3 is 1. The number of fused-ring (bicyclic) bond motifs is 1. The molecule has 1 unspecified atom stereocenters. The first kappa shape index (κ1) is 16.5. The molecule has 1 aliphatic heterocycles. The fraction of sp³-hybridized carbons (Fsp3) is 0.733. The smallest absolute Gasteiger partial charge is 0.151 e. The number of rotatable bonds is 7. The molecule has 1 aromatic heterocycles. The first-order chi connectivity index (χ1) is 10.0. The summed E-state index contributed by atoms with van der Waals surface area (Å²) in [4.78, 5) is 2.27. The third kappa shape index (κ3) is 4.83. The van der Waals surface area contributed by atoms with Crippen LogP contribution >= 0.6 is 0 Å². The number of hydrogen-bond donors (Lipinski definition) is 0. The van der Waals surface area contributed by atoms with E-state index < -0.39 is 9.84 Å². The van der Waals surface area contributed by atoms with Crippen LogP contribution in [0.2, 0.25) is 0 Å². The quantitative estimate of drug-likeness (QED) is 0.763. The van der Waals surface area contributed by atoms with Crippen molar-refractivity contribution in [2.75, 3.05) is 38.3 Å². The van der Waals surface area contributed by atoms with E-state index in [0.29, 0.717) is 12.5 Å². The summed E-state index contributed by atoms with van der Waals surface area (Å²) in [6.07, 6.45) is 3.12. The minimum atomic E-state index is -2.90. The van der Waals surface area contributed by atoms with E-state index in [0.717, 1.165) is 32.7 Å². The van der Waals surface area contributed by atoms with Crippen LogP contribution in [0.5, 0.6) is 0 Å². The predicted octanol–water partition coefficient (Wildman–Crippen LogP) is 1.39. The molecular weight excluding hydrogens is 288 g/mol. The Kier molecular flexibility index (Phi) is 5.84. The second kappa shape index (κ2) is 7.42. The summed E-state index contributed by atoms with van der Waals surface area (Å²) < 4.78 is 30.9. The molecule has 0 radical (unpaired) electrons. The number of hydrogen-bond acceptors (Lipinski definition) is 4. The molecule has 5 nitrogen and oxygen atoms in total. The largest absolute Gasteiger partial charge is 0.385 e. The first-order valence-electron chi connectivity index (χ1n) is 7.60. The molecule has 0 saturated heterocycles. The molecule has 0 saturated carbocycles. The predicted molar refractivity (Wildman–Crippen MR) is 84.0 cm³/mol. The summed E-state index contributed by atoms with van der Waals surface area (Å²) >= 11 is 0. The lowest BCUT2D eigenvalue weighted by molar-refractivity contribution is 0.156. The van der Waals surface area contributed by atoms with E-state index in [1.807, 2.05) is 0 Å². The Balaban J connectivity index is 2.03. The molecular formula is C15H26N2O3S. The van der Waals surface area contributed by atoms with Gasteiger partial charge in [0.25, 0.3) is 0 Å². The maximum atomic E-state index is 11.7. The van der Waals surface area contributed by atoms with Crippen molar-refractivity contribution in [3.8, 4) is 0 Å². The van der Waals surface area contributed by atoms with E-state index >= 15 is 0 Å². The van der Waals surface area contributed by atoms with Gasteiger partial charge in [0.2, 0.25) is 0 Å². The maximum Gasteiger partial charge on any atom is 0.151 e. The Morgan fingerprint density at radius 2 is 2.19 bits per heavy atom. The fourth-order valence-electron chi connectivity index (χ4n) is 2.82. The zero-order valence-electron chi connectivity index (χ0n) is 13.0. The van der Waals surface area contributed by atoms with Crippen LogP contribution in [0.1, 0.15) is 19.0 Å². The molecule has 2 rings (SSSR count). The Bertz CT molecular complexity index is 539. The highest BCUT2D eigenvalue weighted by atomic mass is 32.2. The summed E-state index contributed by atoms with van der Waals surface area (Å²) in [7, 11) is -1.18. The number of ether oxygens (including phenoxy) is 1. The van der Waals surface area contributed by atoms with Gasteiger partial charge in [-0.3, -0.25) is 4.90 Å². The monoisotopic (exact) mass is 314 g/mol. The van der Waals surface area contributed by atoms with Crippen molar-refractivity contribution in [2.24, 2.45) is 5.92 Å². The highest BCUT2D eigenvalue weighted by Crippen LogP contribution is 2.19. The molecule has 0 fully saturated rings. The molecule has 0 bridgehead atoms. The highest BCUT2D eigenvalue weighted by molar-refractivity contribution is 7.91. The minimum absolute atomic E-state index is 0.227. The van der Waals surface area contributed by atoms with Gasteiger partial charge in [0.15, 0.2) is 9.84 Å². The van der Waals surface area contributed by atoms with Crippen LogP contribution < -0.4 is 0 Å². The van der Waals surface area contributed by atoms with Crippen molar-refractivity contribution >= 4 is 9.84 Å². The van der Waals surface area contributed by atoms with Crippen LogP contribution in [0.15, 0.2) is 18.3 Å². The van der Waals surface area contributed by atoms with Gasteiger partial charge < -0.3 is 9.30 Å². The van der Waals surface area contributed by atoms with Crippen molar-refractivity contribution in [1.29, 1.82) is 0 Å². The fourth-order valence-corrected chi connectivity index (χ4v) is 3.64. The lowest BCUT2D eigenvalue weighted by atomic mass is 10.1. The van der Waals surface area contributed by atoms with E-state index in [1.165, 1.54) is 5.69 Å². The molecule has 0 aromatic carbocycles. The van der Waals surface area contributed by atoms with Crippen molar-refractivity contribution in [3.05, 3.63) is 24.0 Å². The van der Waals surface area contributed by atoms with E-state index in [4.69, 9.17) is 4.74 Å². The first-order valence-corrected chi connectivity index (χ1v) is 9.42. The molecule has 1 aromatic rings. The van der Waals surface area contributed by atoms with E-state index in [9.17, 15) is 8.42 Å². The normalized spacial score (nSPS) is 20.2. The topological polar surface area (TPSA) is 51.5 Å². The lowest BCUT2D eigenvalue weighted by Gasteiger charge is -2.23. The molecule has 21 heavy (non-hydrogen) atoms. The van der Waals surface area contributed by atoms with Gasteiger partial charge in [-0.25, -0.2) is 8.42 Å². The summed E-state index contributed by atoms with van der Waals surface area (Å²) in [5.74, 6) is 0.980. The summed E-state index contributed by atoms with van der Waals surface area (Å²) in [6, 6.07) is 4.19. The molecule has 0 aliphatic carbocycles. The highest BCUT2D eigenvalue weighted by Gasteiger charge is 2.22. The molecule has 120 valence electrons. The van der Waals surface area contributed by atoms with Crippen molar-refractivity contribution in [2.45, 2.75) is 26.4 Å². The molecule has 2 heterocycles. The zero-order chi connectivity index (χ0) is 15.3. The second-order valence-electron chi connectivity index (χ2n) is 5.77. The minimum Gasteiger partial charge on any atom is -0.385 e. The van der Waals surface area contributed by atoms with Gasteiger partial charge in [0, 0.05) is 57.5 Å². The van der Waals surface area contributed by atoms with Crippen molar-refractivity contribution in [3.63, 3.8) is 0 Å². The van der Waals surface area contributed by atoms with Crippen molar-refractivity contribution in [1.82, 2.24) is 9.47 Å². The van der Waals surface area contributed by atoms with Crippen LogP contribution in [0.4, 0.5) is 0 Å². The van der Waals surface area contributed by atoms with E-state index in [-0.39, 0.29) is 11.5 Å². The Morgan fingerprint density at radius 1 is 1.38 bits per heavy atom. The zero-order valence-corrected chi connectivity index (χ0v) is 13.8. The number of sulfone groups is 1. The average Bonchev–Trinajstić information content (AvgIpc) is 2.82. The third-order valence-electron chi connectivity index (χ3n) is 4.17. The molecule has 6 heteroatoms. The van der Waals surface area contributed by atoms with E-state index in [1.54, 1.807) is 14.0 Å². The maximum absolute atomic E-state index is 11.7. The number of aromatic nitrogens is 1. The number of nitrogens with zero attached hydrogens (tertiary/aromatic N) is 2. The molecule has 0 N–H and O–H groups in total. The van der Waals surface area contributed by atoms with Crippen LogP contribution in [0.3, 0.4) is 0 Å². The standard InChI is InChI=1S/C15H26N2O3S/c1-3-21(18,19)10-8-16-11-14(6-9-20-2)12-17-7-4-5-15(17)13-16/h4-5,7,14H,3,6,8-13H2,1-2H3. The van der Waals surface area contributed by atoms with Crippen LogP contribution in [0.25, 0.3) is 0 Å². The Hall–Kier alpha value is -0.850. The van der Waals surface area contributed by atoms with Gasteiger partial charge in [-0.15, -0.1) is 0 Å². The molecule has 1 atom stereocenters. The van der Waals surface area contributed by atoms with Gasteiger partial charge in [-0.05, 0) is 24.5 Å². The summed E-state index contributed by atoms with van der Waals surface area (Å²) in [5, 5.41) is 0. The summed E-state index contributed by atoms with van der Waals surface area (Å²) in [5.41, 5.74) is 1.27. The van der Waals surface area contributed by atoms with Gasteiger partial charge >= 0.3 is 0 Å². The van der Waals surface area contributed by atoms with E-state index in [2.05, 4.69) is 27.8 Å². The Morgan fingerprint density at radius 3 is 2.90 bits per heavy atom. The van der Waals surface area contributed by atoms with Gasteiger partial charge in [0.05, 0.1) is 5.75 Å². The molecule has 1 aliphatic rings. The van der Waals surface area contributed by atoms with Crippen LogP contribution in [0, 0.1) is 5.92 Å². The molecule has 0 spiro atoms.